The molecule has 4 N–H and O–H groups in total. The number of carbonyl (C=O) groups is 1. The first-order valence-electron chi connectivity index (χ1n) is 6.26. The summed E-state index contributed by atoms with van der Waals surface area (Å²) in [5.74, 6) is -0.317. The Morgan fingerprint density at radius 1 is 1.35 bits per heavy atom. The van der Waals surface area contributed by atoms with E-state index in [4.69, 9.17) is 18.0 Å². The van der Waals surface area contributed by atoms with Crippen LogP contribution in [0.2, 0.25) is 0 Å². The minimum Gasteiger partial charge on any atom is -0.370 e. The van der Waals surface area contributed by atoms with Gasteiger partial charge in [0.2, 0.25) is 5.91 Å². The Bertz CT molecular complexity index is 285. The molecular formula is C12H23N3OS. The lowest BCUT2D eigenvalue weighted by atomic mass is 9.95. The van der Waals surface area contributed by atoms with Gasteiger partial charge in [-0.25, -0.2) is 0 Å². The van der Waals surface area contributed by atoms with Crippen LogP contribution in [0.4, 0.5) is 0 Å². The molecule has 1 saturated carbocycles. The number of nitrogens with two attached hydrogens (primary N) is 1. The maximum atomic E-state index is 10.9. The molecule has 0 aromatic heterocycles. The van der Waals surface area contributed by atoms with Gasteiger partial charge in [-0.2, -0.15) is 0 Å². The molecule has 0 aliphatic heterocycles. The van der Waals surface area contributed by atoms with Gasteiger partial charge in [0, 0.05) is 18.0 Å². The van der Waals surface area contributed by atoms with E-state index in [0.29, 0.717) is 11.2 Å². The summed E-state index contributed by atoms with van der Waals surface area (Å²) in [6, 6.07) is 0.480. The van der Waals surface area contributed by atoms with E-state index in [0.717, 1.165) is 0 Å². The molecule has 0 aromatic rings. The zero-order valence-electron chi connectivity index (χ0n) is 10.7. The molecular weight excluding hydrogens is 234 g/mol. The molecule has 1 fully saturated rings. The fourth-order valence-corrected chi connectivity index (χ4v) is 2.70. The molecule has 0 saturated heterocycles. The van der Waals surface area contributed by atoms with Crippen LogP contribution in [-0.2, 0) is 4.79 Å². The summed E-state index contributed by atoms with van der Waals surface area (Å²) in [4.78, 5) is 10.9. The maximum Gasteiger partial charge on any atom is 0.219 e. The van der Waals surface area contributed by atoms with Gasteiger partial charge in [0.25, 0.3) is 0 Å². The highest BCUT2D eigenvalue weighted by molar-refractivity contribution is 7.80. The van der Waals surface area contributed by atoms with Gasteiger partial charge in [0.15, 0.2) is 5.11 Å². The molecule has 0 aromatic carbocycles. The Hall–Kier alpha value is -0.840. The van der Waals surface area contributed by atoms with E-state index >= 15 is 0 Å². The quantitative estimate of drug-likeness (QED) is 0.667. The molecule has 0 radical (unpaired) electrons. The first kappa shape index (κ1) is 14.2. The predicted molar refractivity (Wildman–Crippen MR) is 73.6 cm³/mol. The van der Waals surface area contributed by atoms with E-state index in [1.54, 1.807) is 0 Å². The fourth-order valence-electron chi connectivity index (χ4n) is 2.26. The zero-order valence-corrected chi connectivity index (χ0v) is 11.5. The molecule has 1 aliphatic rings. The van der Waals surface area contributed by atoms with Crippen molar-refractivity contribution in [1.29, 1.82) is 0 Å². The molecule has 1 amide bonds. The number of thiocarbonyl (C=S) groups is 1. The third-order valence-corrected chi connectivity index (χ3v) is 3.23. The summed E-state index contributed by atoms with van der Waals surface area (Å²) >= 11 is 5.26. The molecule has 0 bridgehead atoms. The second kappa shape index (κ2) is 6.19. The van der Waals surface area contributed by atoms with Gasteiger partial charge in [-0.05, 0) is 38.9 Å². The smallest absolute Gasteiger partial charge is 0.219 e. The van der Waals surface area contributed by atoms with Crippen LogP contribution in [0.25, 0.3) is 0 Å². The van der Waals surface area contributed by atoms with E-state index in [2.05, 4.69) is 10.6 Å². The normalized spacial score (nSPS) is 17.5. The van der Waals surface area contributed by atoms with Crippen molar-refractivity contribution >= 4 is 23.2 Å². The number of primary amides is 1. The van der Waals surface area contributed by atoms with Crippen molar-refractivity contribution in [3.63, 3.8) is 0 Å². The van der Waals surface area contributed by atoms with Crippen LogP contribution in [0.5, 0.6) is 0 Å². The lowest BCUT2D eigenvalue weighted by molar-refractivity contribution is -0.119. The Kier molecular flexibility index (Phi) is 5.18. The molecule has 1 aliphatic carbocycles. The number of nitrogens with one attached hydrogen (secondary N) is 2. The van der Waals surface area contributed by atoms with Gasteiger partial charge in [0.05, 0.1) is 0 Å². The van der Waals surface area contributed by atoms with Crippen molar-refractivity contribution in [2.45, 2.75) is 64.0 Å². The maximum absolute atomic E-state index is 10.9. The van der Waals surface area contributed by atoms with Gasteiger partial charge in [-0.3, -0.25) is 4.79 Å². The zero-order chi connectivity index (χ0) is 12.9. The molecule has 0 heterocycles. The topological polar surface area (TPSA) is 67.2 Å². The summed E-state index contributed by atoms with van der Waals surface area (Å²) in [7, 11) is 0. The molecule has 98 valence electrons. The van der Waals surface area contributed by atoms with Gasteiger partial charge in [-0.15, -0.1) is 0 Å². The number of amides is 1. The average Bonchev–Trinajstić information content (AvgIpc) is 2.15. The second-order valence-corrected chi connectivity index (χ2v) is 5.87. The van der Waals surface area contributed by atoms with Crippen molar-refractivity contribution < 1.29 is 4.79 Å². The Morgan fingerprint density at radius 2 is 1.94 bits per heavy atom. The van der Waals surface area contributed by atoms with Crippen LogP contribution in [0, 0.1) is 0 Å². The monoisotopic (exact) mass is 257 g/mol. The van der Waals surface area contributed by atoms with E-state index in [-0.39, 0.29) is 17.9 Å². The Balaban J connectivity index is 2.34. The van der Waals surface area contributed by atoms with Crippen LogP contribution in [-0.4, -0.2) is 22.6 Å². The first-order valence-corrected chi connectivity index (χ1v) is 6.67. The average molecular weight is 257 g/mol. The largest absolute Gasteiger partial charge is 0.370 e. The fraction of sp³-hybridized carbons (Fsp3) is 0.833. The molecule has 17 heavy (non-hydrogen) atoms. The SMILES string of the molecule is CC(C)(CC(N)=O)NC(=S)NC1CCCCC1. The second-order valence-electron chi connectivity index (χ2n) is 5.46. The number of hydrogen-bond acceptors (Lipinski definition) is 2. The van der Waals surface area contributed by atoms with Crippen LogP contribution in [0.1, 0.15) is 52.4 Å². The Labute approximate surface area is 109 Å². The lowest BCUT2D eigenvalue weighted by Crippen LogP contribution is -2.52. The van der Waals surface area contributed by atoms with Gasteiger partial charge in [-0.1, -0.05) is 19.3 Å². The summed E-state index contributed by atoms with van der Waals surface area (Å²) in [6.45, 7) is 3.85. The van der Waals surface area contributed by atoms with Crippen LogP contribution in [0.15, 0.2) is 0 Å². The molecule has 4 nitrogen and oxygen atoms in total. The van der Waals surface area contributed by atoms with Crippen molar-refractivity contribution in [3.8, 4) is 0 Å². The number of rotatable bonds is 4. The van der Waals surface area contributed by atoms with Crippen LogP contribution < -0.4 is 16.4 Å². The van der Waals surface area contributed by atoms with Crippen molar-refractivity contribution in [1.82, 2.24) is 10.6 Å². The van der Waals surface area contributed by atoms with Crippen molar-refractivity contribution in [2.24, 2.45) is 5.73 Å². The van der Waals surface area contributed by atoms with Crippen LogP contribution in [0.3, 0.4) is 0 Å². The Morgan fingerprint density at radius 3 is 2.47 bits per heavy atom. The third kappa shape index (κ3) is 5.86. The minimum absolute atomic E-state index is 0.277. The number of carbonyl (C=O) groups excluding carboxylic acids is 1. The van der Waals surface area contributed by atoms with Crippen molar-refractivity contribution in [3.05, 3.63) is 0 Å². The summed E-state index contributed by atoms with van der Waals surface area (Å²) in [5, 5.41) is 7.10. The van der Waals surface area contributed by atoms with E-state index in [9.17, 15) is 4.79 Å². The third-order valence-electron chi connectivity index (χ3n) is 3.01. The predicted octanol–water partition coefficient (Wildman–Crippen LogP) is 1.44. The lowest BCUT2D eigenvalue weighted by Gasteiger charge is -2.30. The van der Waals surface area contributed by atoms with Crippen LogP contribution >= 0.6 is 12.2 Å². The standard InChI is InChI=1S/C12H23N3OS/c1-12(2,8-10(13)16)15-11(17)14-9-6-4-3-5-7-9/h9H,3-8H2,1-2H3,(H2,13,16)(H2,14,15,17). The summed E-state index contributed by atoms with van der Waals surface area (Å²) < 4.78 is 0. The molecule has 1 rings (SSSR count). The minimum atomic E-state index is -0.384. The summed E-state index contributed by atoms with van der Waals surface area (Å²) in [6.07, 6.45) is 6.50. The van der Waals surface area contributed by atoms with Crippen molar-refractivity contribution in [2.75, 3.05) is 0 Å². The molecule has 5 heteroatoms. The van der Waals surface area contributed by atoms with E-state index in [1.807, 2.05) is 13.8 Å². The van der Waals surface area contributed by atoms with E-state index in [1.165, 1.54) is 32.1 Å². The first-order chi connectivity index (χ1) is 7.89. The molecule has 0 spiro atoms. The van der Waals surface area contributed by atoms with Gasteiger partial charge in [0.1, 0.15) is 0 Å². The highest BCUT2D eigenvalue weighted by Gasteiger charge is 2.22. The highest BCUT2D eigenvalue weighted by Crippen LogP contribution is 2.17. The summed E-state index contributed by atoms with van der Waals surface area (Å²) in [5.41, 5.74) is 4.81. The molecule has 0 unspecified atom stereocenters. The van der Waals surface area contributed by atoms with Gasteiger partial charge >= 0.3 is 0 Å². The highest BCUT2D eigenvalue weighted by atomic mass is 32.1. The van der Waals surface area contributed by atoms with Gasteiger partial charge < -0.3 is 16.4 Å². The molecule has 0 atom stereocenters. The van der Waals surface area contributed by atoms with E-state index < -0.39 is 0 Å². The number of hydrogen-bond donors (Lipinski definition) is 3.